The van der Waals surface area contributed by atoms with Crippen molar-refractivity contribution in [3.8, 4) is 5.75 Å². The molecule has 1 rings (SSSR count). The number of carboxylic acid groups (broad SMARTS) is 1. The zero-order valence-electron chi connectivity index (χ0n) is 11.0. The molecule has 2 unspecified atom stereocenters. The maximum atomic E-state index is 13.6. The molecule has 0 saturated heterocycles. The highest BCUT2D eigenvalue weighted by atomic mass is 19.1. The average molecular weight is 255 g/mol. The molecule has 0 aliphatic rings. The van der Waals surface area contributed by atoms with E-state index in [4.69, 9.17) is 9.84 Å². The second kappa shape index (κ2) is 5.82. The Labute approximate surface area is 106 Å². The van der Waals surface area contributed by atoms with Gasteiger partial charge in [0.05, 0.1) is 13.0 Å². The van der Waals surface area contributed by atoms with Crippen molar-refractivity contribution >= 4 is 5.97 Å². The van der Waals surface area contributed by atoms with E-state index in [1.54, 1.807) is 32.0 Å². The monoisotopic (exact) mass is 255 g/mol. The van der Waals surface area contributed by atoms with E-state index in [1.807, 2.05) is 0 Å². The van der Waals surface area contributed by atoms with Crippen LogP contribution in [0.2, 0.25) is 0 Å². The van der Waals surface area contributed by atoms with Crippen LogP contribution >= 0.6 is 0 Å². The number of rotatable bonds is 5. The van der Waals surface area contributed by atoms with E-state index in [-0.39, 0.29) is 11.8 Å². The third kappa shape index (κ3) is 2.98. The third-order valence-corrected chi connectivity index (χ3v) is 2.94. The van der Waals surface area contributed by atoms with Crippen LogP contribution < -0.4 is 4.74 Å². The van der Waals surface area contributed by atoms with Crippen LogP contribution in [-0.4, -0.2) is 37.2 Å². The lowest BCUT2D eigenvalue weighted by Crippen LogP contribution is -2.30. The van der Waals surface area contributed by atoms with E-state index >= 15 is 0 Å². The lowest BCUT2D eigenvalue weighted by atomic mass is 9.93. The van der Waals surface area contributed by atoms with Crippen LogP contribution in [0.5, 0.6) is 5.75 Å². The number of benzene rings is 1. The summed E-state index contributed by atoms with van der Waals surface area (Å²) in [6.07, 6.45) is 0. The Hall–Kier alpha value is -1.62. The van der Waals surface area contributed by atoms with Gasteiger partial charge < -0.3 is 14.7 Å². The number of halogens is 1. The van der Waals surface area contributed by atoms with Crippen molar-refractivity contribution < 1.29 is 19.0 Å². The van der Waals surface area contributed by atoms with Gasteiger partial charge in [-0.15, -0.1) is 0 Å². The second-order valence-corrected chi connectivity index (χ2v) is 4.43. The van der Waals surface area contributed by atoms with E-state index in [1.165, 1.54) is 19.2 Å². The van der Waals surface area contributed by atoms with Gasteiger partial charge in [-0.05, 0) is 31.8 Å². The van der Waals surface area contributed by atoms with Gasteiger partial charge in [-0.1, -0.05) is 13.0 Å². The SMILES string of the molecule is COc1ccc(C(C(C)C(=O)O)N(C)C)cc1F. The predicted molar refractivity (Wildman–Crippen MR) is 66.2 cm³/mol. The molecular weight excluding hydrogens is 237 g/mol. The van der Waals surface area contributed by atoms with Gasteiger partial charge in [0.2, 0.25) is 0 Å². The fourth-order valence-electron chi connectivity index (χ4n) is 2.04. The molecule has 1 aromatic carbocycles. The van der Waals surface area contributed by atoms with Crippen LogP contribution in [0.3, 0.4) is 0 Å². The minimum atomic E-state index is -0.912. The lowest BCUT2D eigenvalue weighted by Gasteiger charge is -2.28. The lowest BCUT2D eigenvalue weighted by molar-refractivity contribution is -0.143. The highest BCUT2D eigenvalue weighted by Crippen LogP contribution is 2.29. The molecule has 0 heterocycles. The van der Waals surface area contributed by atoms with Crippen LogP contribution in [0.15, 0.2) is 18.2 Å². The molecule has 18 heavy (non-hydrogen) atoms. The number of ether oxygens (including phenoxy) is 1. The first-order valence-corrected chi connectivity index (χ1v) is 5.61. The molecule has 0 saturated carbocycles. The van der Waals surface area contributed by atoms with Gasteiger partial charge in [-0.25, -0.2) is 4.39 Å². The Bertz CT molecular complexity index is 434. The molecule has 0 aliphatic heterocycles. The first-order valence-electron chi connectivity index (χ1n) is 5.61. The molecule has 100 valence electrons. The van der Waals surface area contributed by atoms with Crippen LogP contribution in [0, 0.1) is 11.7 Å². The minimum Gasteiger partial charge on any atom is -0.494 e. The van der Waals surface area contributed by atoms with E-state index in [9.17, 15) is 9.18 Å². The van der Waals surface area contributed by atoms with Crippen LogP contribution in [0.25, 0.3) is 0 Å². The van der Waals surface area contributed by atoms with Gasteiger partial charge in [0, 0.05) is 6.04 Å². The molecule has 5 heteroatoms. The largest absolute Gasteiger partial charge is 0.494 e. The van der Waals surface area contributed by atoms with Crippen LogP contribution in [0.1, 0.15) is 18.5 Å². The first-order chi connectivity index (χ1) is 8.38. The van der Waals surface area contributed by atoms with Crippen molar-refractivity contribution in [1.82, 2.24) is 4.90 Å². The summed E-state index contributed by atoms with van der Waals surface area (Å²) in [5.41, 5.74) is 0.619. The summed E-state index contributed by atoms with van der Waals surface area (Å²) in [4.78, 5) is 12.8. The number of carbonyl (C=O) groups is 1. The number of aliphatic carboxylic acids is 1. The Morgan fingerprint density at radius 2 is 2.06 bits per heavy atom. The summed E-state index contributed by atoms with van der Waals surface area (Å²) < 4.78 is 18.5. The van der Waals surface area contributed by atoms with Gasteiger partial charge in [0.15, 0.2) is 11.6 Å². The molecule has 0 aromatic heterocycles. The third-order valence-electron chi connectivity index (χ3n) is 2.94. The van der Waals surface area contributed by atoms with E-state index in [0.717, 1.165) is 0 Å². The number of hydrogen-bond acceptors (Lipinski definition) is 3. The quantitative estimate of drug-likeness (QED) is 0.876. The zero-order valence-corrected chi connectivity index (χ0v) is 11.0. The standard InChI is InChI=1S/C13H18FNO3/c1-8(13(16)17)12(15(2)3)9-5-6-11(18-4)10(14)7-9/h5-8,12H,1-4H3,(H,16,17). The van der Waals surface area contributed by atoms with Gasteiger partial charge in [0.25, 0.3) is 0 Å². The van der Waals surface area contributed by atoms with Crippen molar-refractivity contribution in [2.75, 3.05) is 21.2 Å². The summed E-state index contributed by atoms with van der Waals surface area (Å²) in [6.45, 7) is 1.61. The topological polar surface area (TPSA) is 49.8 Å². The molecular formula is C13H18FNO3. The van der Waals surface area contributed by atoms with Crippen LogP contribution in [-0.2, 0) is 4.79 Å². The highest BCUT2D eigenvalue weighted by Gasteiger charge is 2.27. The molecule has 1 N–H and O–H groups in total. The van der Waals surface area contributed by atoms with Crippen LogP contribution in [0.4, 0.5) is 4.39 Å². The normalized spacial score (nSPS) is 14.3. The van der Waals surface area contributed by atoms with E-state index in [0.29, 0.717) is 5.56 Å². The highest BCUT2D eigenvalue weighted by molar-refractivity contribution is 5.70. The van der Waals surface area contributed by atoms with Crippen molar-refractivity contribution in [3.63, 3.8) is 0 Å². The molecule has 0 fully saturated rings. The van der Waals surface area contributed by atoms with Crippen molar-refractivity contribution in [2.45, 2.75) is 13.0 Å². The second-order valence-electron chi connectivity index (χ2n) is 4.43. The molecule has 1 aromatic rings. The number of methoxy groups -OCH3 is 1. The average Bonchev–Trinajstić information content (AvgIpc) is 2.28. The van der Waals surface area contributed by atoms with Crippen molar-refractivity contribution in [1.29, 1.82) is 0 Å². The number of hydrogen-bond donors (Lipinski definition) is 1. The Morgan fingerprint density at radius 1 is 1.44 bits per heavy atom. The summed E-state index contributed by atoms with van der Waals surface area (Å²) in [5.74, 6) is -1.88. The van der Waals surface area contributed by atoms with E-state index < -0.39 is 17.7 Å². The Kier molecular flexibility index (Phi) is 4.67. The minimum absolute atomic E-state index is 0.152. The summed E-state index contributed by atoms with van der Waals surface area (Å²) in [5, 5.41) is 9.09. The molecule has 0 aliphatic carbocycles. The molecule has 4 nitrogen and oxygen atoms in total. The van der Waals surface area contributed by atoms with Crippen molar-refractivity contribution in [2.24, 2.45) is 5.92 Å². The molecule has 0 radical (unpaired) electrons. The summed E-state index contributed by atoms with van der Waals surface area (Å²) in [7, 11) is 4.93. The fourth-order valence-corrected chi connectivity index (χ4v) is 2.04. The smallest absolute Gasteiger partial charge is 0.308 e. The van der Waals surface area contributed by atoms with Gasteiger partial charge >= 0.3 is 5.97 Å². The molecule has 0 spiro atoms. The number of carboxylic acids is 1. The summed E-state index contributed by atoms with van der Waals surface area (Å²) >= 11 is 0. The number of nitrogens with zero attached hydrogens (tertiary/aromatic N) is 1. The molecule has 0 bridgehead atoms. The maximum absolute atomic E-state index is 13.6. The zero-order chi connectivity index (χ0) is 13.9. The van der Waals surface area contributed by atoms with Gasteiger partial charge in [0.1, 0.15) is 0 Å². The Balaban J connectivity index is 3.14. The predicted octanol–water partition coefficient (Wildman–Crippen LogP) is 2.16. The fraction of sp³-hybridized carbons (Fsp3) is 0.462. The first kappa shape index (κ1) is 14.4. The van der Waals surface area contributed by atoms with E-state index in [2.05, 4.69) is 0 Å². The van der Waals surface area contributed by atoms with Gasteiger partial charge in [-0.2, -0.15) is 0 Å². The molecule has 2 atom stereocenters. The maximum Gasteiger partial charge on any atom is 0.308 e. The van der Waals surface area contributed by atoms with Gasteiger partial charge in [-0.3, -0.25) is 4.79 Å². The summed E-state index contributed by atoms with van der Waals surface area (Å²) in [6, 6.07) is 4.13. The Morgan fingerprint density at radius 3 is 2.44 bits per heavy atom. The van der Waals surface area contributed by atoms with Crippen molar-refractivity contribution in [3.05, 3.63) is 29.6 Å². The molecule has 0 amide bonds.